The van der Waals surface area contributed by atoms with Gasteiger partial charge in [-0.25, -0.2) is 4.98 Å². The normalized spacial score (nSPS) is 10.4. The van der Waals surface area contributed by atoms with Crippen LogP contribution in [0.5, 0.6) is 11.6 Å². The van der Waals surface area contributed by atoms with E-state index >= 15 is 0 Å². The van der Waals surface area contributed by atoms with Gasteiger partial charge in [-0.1, -0.05) is 17.7 Å². The third kappa shape index (κ3) is 3.00. The zero-order valence-electron chi connectivity index (χ0n) is 10.4. The maximum atomic E-state index is 6.12. The quantitative estimate of drug-likeness (QED) is 0.919. The Morgan fingerprint density at radius 1 is 1.22 bits per heavy atom. The van der Waals surface area contributed by atoms with Gasteiger partial charge in [-0.2, -0.15) is 0 Å². The first-order chi connectivity index (χ1) is 8.58. The van der Waals surface area contributed by atoms with Gasteiger partial charge in [-0.05, 0) is 43.2 Å². The highest BCUT2D eigenvalue weighted by Gasteiger charge is 2.06. The molecule has 3 nitrogen and oxygen atoms in total. The van der Waals surface area contributed by atoms with Crippen LogP contribution in [-0.2, 0) is 6.54 Å². The van der Waals surface area contributed by atoms with E-state index in [1.54, 1.807) is 0 Å². The van der Waals surface area contributed by atoms with Gasteiger partial charge in [-0.3, -0.25) is 0 Å². The first-order valence-corrected chi connectivity index (χ1v) is 6.08. The van der Waals surface area contributed by atoms with Crippen molar-refractivity contribution in [2.45, 2.75) is 20.4 Å². The predicted molar refractivity (Wildman–Crippen MR) is 73.1 cm³/mol. The molecule has 4 heteroatoms. The molecule has 94 valence electrons. The molecule has 0 unspecified atom stereocenters. The van der Waals surface area contributed by atoms with Crippen molar-refractivity contribution < 1.29 is 4.74 Å². The van der Waals surface area contributed by atoms with Crippen LogP contribution < -0.4 is 10.5 Å². The summed E-state index contributed by atoms with van der Waals surface area (Å²) in [5.74, 6) is 1.12. The van der Waals surface area contributed by atoms with Gasteiger partial charge in [0.1, 0.15) is 5.75 Å². The van der Waals surface area contributed by atoms with Crippen LogP contribution in [0.3, 0.4) is 0 Å². The SMILES string of the molecule is Cc1ccc(Oc2cc(CN)cc(C)n2)c(Cl)c1. The molecular weight excluding hydrogens is 248 g/mol. The summed E-state index contributed by atoms with van der Waals surface area (Å²) in [5, 5.41) is 0.576. The number of nitrogens with zero attached hydrogens (tertiary/aromatic N) is 1. The molecule has 0 spiro atoms. The highest BCUT2D eigenvalue weighted by molar-refractivity contribution is 6.32. The van der Waals surface area contributed by atoms with Gasteiger partial charge in [-0.15, -0.1) is 0 Å². The summed E-state index contributed by atoms with van der Waals surface area (Å²) in [4.78, 5) is 4.30. The first-order valence-electron chi connectivity index (χ1n) is 5.70. The molecule has 0 atom stereocenters. The van der Waals surface area contributed by atoms with Crippen molar-refractivity contribution in [3.8, 4) is 11.6 Å². The summed E-state index contributed by atoms with van der Waals surface area (Å²) in [6, 6.07) is 9.40. The summed E-state index contributed by atoms with van der Waals surface area (Å²) in [6.07, 6.45) is 0. The fraction of sp³-hybridized carbons (Fsp3) is 0.214. The number of ether oxygens (including phenoxy) is 1. The van der Waals surface area contributed by atoms with E-state index in [-0.39, 0.29) is 0 Å². The van der Waals surface area contributed by atoms with Crippen LogP contribution in [-0.4, -0.2) is 4.98 Å². The van der Waals surface area contributed by atoms with Gasteiger partial charge in [0.2, 0.25) is 5.88 Å². The molecule has 0 radical (unpaired) electrons. The van der Waals surface area contributed by atoms with E-state index in [2.05, 4.69) is 4.98 Å². The van der Waals surface area contributed by atoms with Gasteiger partial charge in [0.25, 0.3) is 0 Å². The van der Waals surface area contributed by atoms with Gasteiger partial charge >= 0.3 is 0 Å². The molecular formula is C14H15ClN2O. The van der Waals surface area contributed by atoms with Crippen molar-refractivity contribution in [3.05, 3.63) is 52.2 Å². The summed E-state index contributed by atoms with van der Waals surface area (Å²) in [7, 11) is 0. The molecule has 0 saturated heterocycles. The van der Waals surface area contributed by atoms with Crippen molar-refractivity contribution in [1.82, 2.24) is 4.98 Å². The Morgan fingerprint density at radius 3 is 2.67 bits per heavy atom. The van der Waals surface area contributed by atoms with Crippen LogP contribution in [0.1, 0.15) is 16.8 Å². The number of hydrogen-bond donors (Lipinski definition) is 1. The lowest BCUT2D eigenvalue weighted by atomic mass is 10.2. The van der Waals surface area contributed by atoms with E-state index in [1.807, 2.05) is 44.2 Å². The van der Waals surface area contributed by atoms with Crippen LogP contribution >= 0.6 is 11.6 Å². The molecule has 2 aromatic rings. The fourth-order valence-electron chi connectivity index (χ4n) is 1.68. The second-order valence-corrected chi connectivity index (χ2v) is 4.60. The predicted octanol–water partition coefficient (Wildman–Crippen LogP) is 3.60. The Labute approximate surface area is 112 Å². The van der Waals surface area contributed by atoms with E-state index in [0.29, 0.717) is 23.2 Å². The number of aromatic nitrogens is 1. The lowest BCUT2D eigenvalue weighted by molar-refractivity contribution is 0.461. The van der Waals surface area contributed by atoms with E-state index in [9.17, 15) is 0 Å². The number of benzene rings is 1. The van der Waals surface area contributed by atoms with Gasteiger partial charge < -0.3 is 10.5 Å². The number of hydrogen-bond acceptors (Lipinski definition) is 3. The van der Waals surface area contributed by atoms with E-state index in [0.717, 1.165) is 16.8 Å². The largest absolute Gasteiger partial charge is 0.437 e. The molecule has 0 aliphatic carbocycles. The van der Waals surface area contributed by atoms with E-state index in [1.165, 1.54) is 0 Å². The summed E-state index contributed by atoms with van der Waals surface area (Å²) >= 11 is 6.12. The molecule has 1 heterocycles. The number of nitrogens with two attached hydrogens (primary N) is 1. The van der Waals surface area contributed by atoms with Crippen LogP contribution in [0.2, 0.25) is 5.02 Å². The smallest absolute Gasteiger partial charge is 0.219 e. The molecule has 0 fully saturated rings. The molecule has 1 aromatic heterocycles. The number of halogens is 1. The lowest BCUT2D eigenvalue weighted by Crippen LogP contribution is -1.99. The molecule has 2 N–H and O–H groups in total. The van der Waals surface area contributed by atoms with Crippen molar-refractivity contribution in [1.29, 1.82) is 0 Å². The Balaban J connectivity index is 2.30. The van der Waals surface area contributed by atoms with Gasteiger partial charge in [0.05, 0.1) is 5.02 Å². The average molecular weight is 263 g/mol. The maximum absolute atomic E-state index is 6.12. The number of aryl methyl sites for hydroxylation is 2. The molecule has 0 saturated carbocycles. The molecule has 0 aliphatic rings. The third-order valence-electron chi connectivity index (χ3n) is 2.53. The van der Waals surface area contributed by atoms with Crippen LogP contribution in [0.25, 0.3) is 0 Å². The zero-order chi connectivity index (χ0) is 13.1. The zero-order valence-corrected chi connectivity index (χ0v) is 11.2. The molecule has 0 bridgehead atoms. The highest BCUT2D eigenvalue weighted by Crippen LogP contribution is 2.29. The Hall–Kier alpha value is -1.58. The van der Waals surface area contributed by atoms with Gasteiger partial charge in [0.15, 0.2) is 0 Å². The van der Waals surface area contributed by atoms with Crippen LogP contribution in [0.15, 0.2) is 30.3 Å². The lowest BCUT2D eigenvalue weighted by Gasteiger charge is -2.09. The summed E-state index contributed by atoms with van der Waals surface area (Å²) in [5.41, 5.74) is 8.57. The van der Waals surface area contributed by atoms with Crippen molar-refractivity contribution in [2.75, 3.05) is 0 Å². The fourth-order valence-corrected chi connectivity index (χ4v) is 1.95. The molecule has 0 aliphatic heterocycles. The summed E-state index contributed by atoms with van der Waals surface area (Å²) in [6.45, 7) is 4.34. The second kappa shape index (κ2) is 5.38. The van der Waals surface area contributed by atoms with Crippen molar-refractivity contribution in [3.63, 3.8) is 0 Å². The Kier molecular flexibility index (Phi) is 3.84. The minimum absolute atomic E-state index is 0.460. The van der Waals surface area contributed by atoms with Crippen LogP contribution in [0, 0.1) is 13.8 Å². The van der Waals surface area contributed by atoms with Crippen LogP contribution in [0.4, 0.5) is 0 Å². The molecule has 2 rings (SSSR count). The topological polar surface area (TPSA) is 48.1 Å². The van der Waals surface area contributed by atoms with Crippen molar-refractivity contribution >= 4 is 11.6 Å². The van der Waals surface area contributed by atoms with Gasteiger partial charge in [0, 0.05) is 18.3 Å². The highest BCUT2D eigenvalue weighted by atomic mass is 35.5. The first kappa shape index (κ1) is 12.9. The second-order valence-electron chi connectivity index (χ2n) is 4.20. The monoisotopic (exact) mass is 262 g/mol. The molecule has 1 aromatic carbocycles. The standard InChI is InChI=1S/C14H15ClN2O/c1-9-3-4-13(12(15)5-9)18-14-7-11(8-16)6-10(2)17-14/h3-7H,8,16H2,1-2H3. The average Bonchev–Trinajstić information content (AvgIpc) is 2.32. The Bertz CT molecular complexity index is 570. The molecule has 0 amide bonds. The molecule has 18 heavy (non-hydrogen) atoms. The third-order valence-corrected chi connectivity index (χ3v) is 2.82. The maximum Gasteiger partial charge on any atom is 0.219 e. The number of pyridine rings is 1. The Morgan fingerprint density at radius 2 is 2.00 bits per heavy atom. The number of rotatable bonds is 3. The van der Waals surface area contributed by atoms with E-state index in [4.69, 9.17) is 22.1 Å². The van der Waals surface area contributed by atoms with E-state index < -0.39 is 0 Å². The summed E-state index contributed by atoms with van der Waals surface area (Å²) < 4.78 is 5.69. The minimum atomic E-state index is 0.460. The minimum Gasteiger partial charge on any atom is -0.437 e. The van der Waals surface area contributed by atoms with Crippen molar-refractivity contribution in [2.24, 2.45) is 5.73 Å².